The first kappa shape index (κ1) is 21.2. The number of aromatic nitrogens is 4. The largest absolute Gasteiger partial charge is 0.547 e. The van der Waals surface area contributed by atoms with E-state index in [9.17, 15) is 19.7 Å². The Balaban J connectivity index is 1.33. The lowest BCUT2D eigenvalue weighted by molar-refractivity contribution is -0.121. The predicted molar refractivity (Wildman–Crippen MR) is 108 cm³/mol. The average Bonchev–Trinajstić information content (AvgIpc) is 3.40. The minimum atomic E-state index is -1.36. The molecule has 0 spiro atoms. The first-order valence-corrected chi connectivity index (χ1v) is 10.2. The molecule has 0 aliphatic carbocycles. The van der Waals surface area contributed by atoms with E-state index in [0.717, 1.165) is 19.5 Å². The molecule has 4 rings (SSSR count). The average molecular weight is 429 g/mol. The van der Waals surface area contributed by atoms with Crippen LogP contribution in [0.25, 0.3) is 0 Å². The van der Waals surface area contributed by atoms with E-state index in [2.05, 4.69) is 31.5 Å². The third-order valence-electron chi connectivity index (χ3n) is 5.44. The molecule has 13 heteroatoms. The number of carboxylic acid groups (broad SMARTS) is 1. The number of nitrogens with one attached hydrogen (secondary N) is 3. The van der Waals surface area contributed by atoms with Gasteiger partial charge in [0.25, 0.3) is 0 Å². The summed E-state index contributed by atoms with van der Waals surface area (Å²) in [6.07, 6.45) is 1.27. The van der Waals surface area contributed by atoms with Gasteiger partial charge in [0, 0.05) is 19.1 Å². The number of tetrazole rings is 1. The summed E-state index contributed by atoms with van der Waals surface area (Å²) in [6.45, 7) is 3.16. The second kappa shape index (κ2) is 9.41. The molecule has 164 valence electrons. The molecule has 31 heavy (non-hydrogen) atoms. The summed E-state index contributed by atoms with van der Waals surface area (Å²) in [5.74, 6) is -1.68. The number of nitrogens with zero attached hydrogens (tertiary/aromatic N) is 4. The van der Waals surface area contributed by atoms with Crippen molar-refractivity contribution in [2.24, 2.45) is 0 Å². The van der Waals surface area contributed by atoms with Crippen LogP contribution in [-0.4, -0.2) is 80.9 Å². The SMILES string of the molecule is O=C(Cc1nnnn1CCN[C@H]1CCNC1)N[C@H]1Cc2cccc(C(=O)O)c2OB1O. The second-order valence-electron chi connectivity index (χ2n) is 7.62. The van der Waals surface area contributed by atoms with Crippen LogP contribution in [0.5, 0.6) is 5.75 Å². The molecule has 2 aromatic rings. The Morgan fingerprint density at radius 3 is 3.03 bits per heavy atom. The molecule has 0 saturated carbocycles. The van der Waals surface area contributed by atoms with Crippen LogP contribution in [-0.2, 0) is 24.2 Å². The van der Waals surface area contributed by atoms with Crippen LogP contribution in [0.1, 0.15) is 28.2 Å². The zero-order valence-electron chi connectivity index (χ0n) is 16.8. The van der Waals surface area contributed by atoms with Crippen molar-refractivity contribution in [1.29, 1.82) is 0 Å². The van der Waals surface area contributed by atoms with Crippen molar-refractivity contribution < 1.29 is 24.4 Å². The monoisotopic (exact) mass is 429 g/mol. The zero-order valence-corrected chi connectivity index (χ0v) is 16.8. The first-order chi connectivity index (χ1) is 15.0. The zero-order chi connectivity index (χ0) is 21.8. The van der Waals surface area contributed by atoms with Gasteiger partial charge < -0.3 is 30.7 Å². The molecule has 1 aromatic heterocycles. The molecular weight excluding hydrogens is 405 g/mol. The Labute approximate surface area is 178 Å². The van der Waals surface area contributed by atoms with Gasteiger partial charge in [-0.2, -0.15) is 0 Å². The van der Waals surface area contributed by atoms with Crippen molar-refractivity contribution in [2.75, 3.05) is 19.6 Å². The smallest absolute Gasteiger partial charge is 0.534 e. The van der Waals surface area contributed by atoms with Crippen LogP contribution in [0.2, 0.25) is 0 Å². The van der Waals surface area contributed by atoms with E-state index in [1.54, 1.807) is 16.8 Å². The molecule has 1 aromatic carbocycles. The highest BCUT2D eigenvalue weighted by Crippen LogP contribution is 2.30. The van der Waals surface area contributed by atoms with Crippen molar-refractivity contribution >= 4 is 19.0 Å². The maximum absolute atomic E-state index is 12.5. The number of rotatable bonds is 8. The summed E-state index contributed by atoms with van der Waals surface area (Å²) in [7, 11) is -1.36. The van der Waals surface area contributed by atoms with Crippen molar-refractivity contribution in [1.82, 2.24) is 36.2 Å². The number of hydrogen-bond acceptors (Lipinski definition) is 9. The molecule has 2 aliphatic heterocycles. The van der Waals surface area contributed by atoms with Gasteiger partial charge in [-0.15, -0.1) is 5.10 Å². The van der Waals surface area contributed by atoms with Gasteiger partial charge in [-0.05, 0) is 41.4 Å². The van der Waals surface area contributed by atoms with Crippen molar-refractivity contribution in [3.8, 4) is 5.75 Å². The summed E-state index contributed by atoms with van der Waals surface area (Å²) >= 11 is 0. The number of fused-ring (bicyclic) bond motifs is 1. The number of para-hydroxylation sites is 1. The van der Waals surface area contributed by atoms with Crippen LogP contribution >= 0.6 is 0 Å². The molecular formula is C18H24BN7O5. The molecule has 0 bridgehead atoms. The van der Waals surface area contributed by atoms with E-state index in [0.29, 0.717) is 30.5 Å². The standard InChI is InChI=1S/C18H24BN7O5/c27-16(9-15-23-24-25-26(15)7-6-21-12-4-5-20-10-12)22-14-8-11-2-1-3-13(18(28)29)17(11)31-19(14)30/h1-3,12,14,20-21,30H,4-10H2,(H,22,27)(H,28,29)/t12-,14-/m0/s1. The number of carboxylic acids is 1. The Morgan fingerprint density at radius 2 is 2.26 bits per heavy atom. The van der Waals surface area contributed by atoms with Gasteiger partial charge >= 0.3 is 13.1 Å². The Bertz CT molecular complexity index is 949. The highest BCUT2D eigenvalue weighted by molar-refractivity contribution is 6.47. The van der Waals surface area contributed by atoms with E-state index in [4.69, 9.17) is 4.65 Å². The molecule has 1 saturated heterocycles. The highest BCUT2D eigenvalue weighted by atomic mass is 16.5. The maximum atomic E-state index is 12.5. The Morgan fingerprint density at radius 1 is 1.39 bits per heavy atom. The minimum absolute atomic E-state index is 0.0255. The van der Waals surface area contributed by atoms with E-state index in [1.807, 2.05) is 0 Å². The fourth-order valence-corrected chi connectivity index (χ4v) is 3.84. The van der Waals surface area contributed by atoms with Crippen molar-refractivity contribution in [3.05, 3.63) is 35.2 Å². The molecule has 1 amide bonds. The molecule has 1 fully saturated rings. The summed E-state index contributed by atoms with van der Waals surface area (Å²) in [4.78, 5) is 23.9. The van der Waals surface area contributed by atoms with Crippen LogP contribution < -0.4 is 20.6 Å². The first-order valence-electron chi connectivity index (χ1n) is 10.2. The predicted octanol–water partition coefficient (Wildman–Crippen LogP) is -2.00. The Kier molecular flexibility index (Phi) is 6.44. The third kappa shape index (κ3) is 5.01. The molecule has 0 radical (unpaired) electrons. The van der Waals surface area contributed by atoms with Gasteiger partial charge in [0.05, 0.1) is 24.5 Å². The third-order valence-corrected chi connectivity index (χ3v) is 5.44. The summed E-state index contributed by atoms with van der Waals surface area (Å²) < 4.78 is 6.98. The van der Waals surface area contributed by atoms with Gasteiger partial charge in [0.15, 0.2) is 5.82 Å². The van der Waals surface area contributed by atoms with Crippen LogP contribution in [0.3, 0.4) is 0 Å². The van der Waals surface area contributed by atoms with Gasteiger partial charge in [-0.1, -0.05) is 12.1 Å². The molecule has 2 atom stereocenters. The highest BCUT2D eigenvalue weighted by Gasteiger charge is 2.37. The molecule has 3 heterocycles. The quantitative estimate of drug-likeness (QED) is 0.297. The number of aromatic carboxylic acids is 1. The summed E-state index contributed by atoms with van der Waals surface area (Å²) in [6, 6.07) is 5.15. The summed E-state index contributed by atoms with van der Waals surface area (Å²) in [5.41, 5.74) is 0.579. The van der Waals surface area contributed by atoms with Crippen molar-refractivity contribution in [2.45, 2.75) is 37.8 Å². The van der Waals surface area contributed by atoms with Crippen molar-refractivity contribution in [3.63, 3.8) is 0 Å². The van der Waals surface area contributed by atoms with E-state index < -0.39 is 19.0 Å². The van der Waals surface area contributed by atoms with E-state index in [-0.39, 0.29) is 30.1 Å². The van der Waals surface area contributed by atoms with Gasteiger partial charge in [-0.25, -0.2) is 9.48 Å². The molecule has 0 unspecified atom stereocenters. The number of amides is 1. The lowest BCUT2D eigenvalue weighted by Gasteiger charge is -2.28. The topological polar surface area (TPSA) is 164 Å². The second-order valence-corrected chi connectivity index (χ2v) is 7.62. The summed E-state index contributed by atoms with van der Waals surface area (Å²) in [5, 5.41) is 40.5. The Hall–Kier alpha value is -3.03. The fraction of sp³-hybridized carbons (Fsp3) is 0.500. The molecule has 5 N–H and O–H groups in total. The number of carbonyl (C=O) groups is 2. The van der Waals surface area contributed by atoms with E-state index >= 15 is 0 Å². The lowest BCUT2D eigenvalue weighted by atomic mass is 9.72. The van der Waals surface area contributed by atoms with Gasteiger partial charge in [0.1, 0.15) is 5.75 Å². The fourth-order valence-electron chi connectivity index (χ4n) is 3.84. The normalized spacial score (nSPS) is 20.2. The molecule has 12 nitrogen and oxygen atoms in total. The number of hydrogen-bond donors (Lipinski definition) is 5. The number of carbonyl (C=O) groups excluding carboxylic acids is 1. The van der Waals surface area contributed by atoms with Gasteiger partial charge in [-0.3, -0.25) is 4.79 Å². The van der Waals surface area contributed by atoms with Crippen LogP contribution in [0.4, 0.5) is 0 Å². The maximum Gasteiger partial charge on any atom is 0.547 e. The lowest BCUT2D eigenvalue weighted by Crippen LogP contribution is -2.53. The van der Waals surface area contributed by atoms with Gasteiger partial charge in [0.2, 0.25) is 5.91 Å². The minimum Gasteiger partial charge on any atom is -0.534 e. The molecule has 2 aliphatic rings. The number of benzene rings is 1. The van der Waals surface area contributed by atoms with Crippen LogP contribution in [0, 0.1) is 0 Å². The van der Waals surface area contributed by atoms with Crippen LogP contribution in [0.15, 0.2) is 18.2 Å². The van der Waals surface area contributed by atoms with E-state index in [1.165, 1.54) is 6.07 Å².